The van der Waals surface area contributed by atoms with E-state index in [0.29, 0.717) is 0 Å². The molecule has 0 amide bonds. The summed E-state index contributed by atoms with van der Waals surface area (Å²) in [6, 6.07) is 23.0. The van der Waals surface area contributed by atoms with Gasteiger partial charge in [-0.1, -0.05) is 44.8 Å². The summed E-state index contributed by atoms with van der Waals surface area (Å²) in [5, 5.41) is 0. The maximum Gasteiger partial charge on any atom is 0.0449 e. The number of unbranched alkanes of at least 4 members (excludes halogenated alkanes) is 6. The molecular formula is C33H36S5. The molecule has 198 valence electrons. The minimum Gasteiger partial charge on any atom is -0.139 e. The van der Waals surface area contributed by atoms with E-state index in [2.05, 4.69) is 86.7 Å². The van der Waals surface area contributed by atoms with E-state index in [1.165, 1.54) is 100 Å². The molecule has 0 aliphatic rings. The van der Waals surface area contributed by atoms with E-state index in [9.17, 15) is 0 Å². The van der Waals surface area contributed by atoms with Crippen molar-refractivity contribution < 1.29 is 0 Å². The van der Waals surface area contributed by atoms with Gasteiger partial charge >= 0.3 is 0 Å². The fourth-order valence-corrected chi connectivity index (χ4v) is 9.96. The Balaban J connectivity index is 1.14. The highest BCUT2D eigenvalue weighted by atomic mass is 32.1. The van der Waals surface area contributed by atoms with Crippen molar-refractivity contribution in [3.8, 4) is 39.0 Å². The molecule has 0 nitrogen and oxygen atoms in total. The molecule has 0 aliphatic carbocycles. The smallest absolute Gasteiger partial charge is 0.0449 e. The lowest BCUT2D eigenvalue weighted by atomic mass is 10.1. The summed E-state index contributed by atoms with van der Waals surface area (Å²) in [5.74, 6) is 0. The Bertz CT molecular complexity index is 1430. The van der Waals surface area contributed by atoms with Crippen LogP contribution in [0.25, 0.3) is 39.0 Å². The Morgan fingerprint density at radius 3 is 1.34 bits per heavy atom. The molecule has 0 radical (unpaired) electrons. The second kappa shape index (κ2) is 14.0. The highest BCUT2D eigenvalue weighted by Crippen LogP contribution is 2.44. The predicted molar refractivity (Wildman–Crippen MR) is 178 cm³/mol. The van der Waals surface area contributed by atoms with Crippen LogP contribution in [0.1, 0.15) is 68.5 Å². The van der Waals surface area contributed by atoms with Gasteiger partial charge in [0.15, 0.2) is 0 Å². The maximum absolute atomic E-state index is 2.35. The summed E-state index contributed by atoms with van der Waals surface area (Å²) in [7, 11) is 0. The fraction of sp³-hybridized carbons (Fsp3) is 0.333. The molecule has 0 saturated carbocycles. The molecule has 0 bridgehead atoms. The van der Waals surface area contributed by atoms with Gasteiger partial charge in [-0.15, -0.1) is 56.7 Å². The monoisotopic (exact) mass is 592 g/mol. The Morgan fingerprint density at radius 1 is 0.474 bits per heavy atom. The van der Waals surface area contributed by atoms with Crippen molar-refractivity contribution in [2.45, 2.75) is 71.6 Å². The molecule has 5 heteroatoms. The number of hydrogen-bond acceptors (Lipinski definition) is 5. The molecule has 5 heterocycles. The van der Waals surface area contributed by atoms with Crippen LogP contribution < -0.4 is 0 Å². The van der Waals surface area contributed by atoms with Gasteiger partial charge in [-0.25, -0.2) is 0 Å². The summed E-state index contributed by atoms with van der Waals surface area (Å²) in [5.41, 5.74) is 0. The third-order valence-corrected chi connectivity index (χ3v) is 13.2. The lowest BCUT2D eigenvalue weighted by Crippen LogP contribution is -1.83. The van der Waals surface area contributed by atoms with E-state index in [4.69, 9.17) is 0 Å². The van der Waals surface area contributed by atoms with Crippen molar-refractivity contribution >= 4 is 56.7 Å². The molecule has 5 rings (SSSR count). The summed E-state index contributed by atoms with van der Waals surface area (Å²) in [6.07, 6.45) is 16.2. The Labute approximate surface area is 248 Å². The van der Waals surface area contributed by atoms with Crippen molar-refractivity contribution in [1.82, 2.24) is 0 Å². The van der Waals surface area contributed by atoms with Gasteiger partial charge in [0, 0.05) is 48.8 Å². The third kappa shape index (κ3) is 7.25. The van der Waals surface area contributed by atoms with Crippen LogP contribution in [0.5, 0.6) is 0 Å². The van der Waals surface area contributed by atoms with E-state index in [0.717, 1.165) is 6.42 Å². The van der Waals surface area contributed by atoms with E-state index >= 15 is 0 Å². The van der Waals surface area contributed by atoms with Crippen molar-refractivity contribution in [1.29, 1.82) is 0 Å². The van der Waals surface area contributed by atoms with Crippen LogP contribution in [-0.2, 0) is 12.8 Å². The van der Waals surface area contributed by atoms with Gasteiger partial charge < -0.3 is 0 Å². The van der Waals surface area contributed by atoms with Crippen LogP contribution in [0.15, 0.2) is 72.8 Å². The summed E-state index contributed by atoms with van der Waals surface area (Å²) in [6.45, 7) is 4.34. The minimum absolute atomic E-state index is 1.12. The molecule has 38 heavy (non-hydrogen) atoms. The van der Waals surface area contributed by atoms with Crippen LogP contribution in [0.4, 0.5) is 0 Å². The van der Waals surface area contributed by atoms with Crippen LogP contribution in [-0.4, -0.2) is 0 Å². The van der Waals surface area contributed by atoms with Gasteiger partial charge in [0.25, 0.3) is 0 Å². The molecule has 0 unspecified atom stereocenters. The van der Waals surface area contributed by atoms with Crippen molar-refractivity contribution in [3.63, 3.8) is 0 Å². The van der Waals surface area contributed by atoms with Gasteiger partial charge in [0.1, 0.15) is 0 Å². The first-order valence-corrected chi connectivity index (χ1v) is 17.9. The minimum atomic E-state index is 1.12. The van der Waals surface area contributed by atoms with Gasteiger partial charge in [-0.3, -0.25) is 0 Å². The predicted octanol–water partition coefficient (Wildman–Crippen LogP) is 13.1. The summed E-state index contributed by atoms with van der Waals surface area (Å²) < 4.78 is 0. The zero-order chi connectivity index (χ0) is 26.2. The second-order valence-corrected chi connectivity index (χ2v) is 15.2. The molecular weight excluding hydrogens is 557 g/mol. The fourth-order valence-electron chi connectivity index (χ4n) is 4.59. The number of aryl methyl sites for hydroxylation is 2. The molecule has 0 aromatic carbocycles. The zero-order valence-electron chi connectivity index (χ0n) is 22.3. The topological polar surface area (TPSA) is 0 Å². The Hall–Kier alpha value is -1.76. The Kier molecular flexibility index (Phi) is 10.3. The van der Waals surface area contributed by atoms with E-state index in [1.807, 2.05) is 56.7 Å². The zero-order valence-corrected chi connectivity index (χ0v) is 26.4. The van der Waals surface area contributed by atoms with Gasteiger partial charge in [-0.05, 0) is 99.7 Å². The molecule has 0 saturated heterocycles. The van der Waals surface area contributed by atoms with Gasteiger partial charge in [-0.2, -0.15) is 0 Å². The van der Waals surface area contributed by atoms with E-state index in [-0.39, 0.29) is 0 Å². The first-order chi connectivity index (χ1) is 18.7. The number of allylic oxidation sites excluding steroid dienone is 2. The lowest BCUT2D eigenvalue weighted by Gasteiger charge is -2.00. The SMILES string of the molecule is CC=CCCCCCCCCc1ccc(-c2ccc(-c3ccc(-c4ccc(-c5ccc(CC)s5)s4)s3)s2)s1. The molecule has 5 aromatic rings. The maximum atomic E-state index is 2.35. The van der Waals surface area contributed by atoms with E-state index in [1.54, 1.807) is 0 Å². The van der Waals surface area contributed by atoms with Crippen molar-refractivity contribution in [2.75, 3.05) is 0 Å². The number of thiophene rings is 5. The largest absolute Gasteiger partial charge is 0.139 e. The first kappa shape index (κ1) is 27.8. The van der Waals surface area contributed by atoms with Gasteiger partial charge in [0.2, 0.25) is 0 Å². The summed E-state index contributed by atoms with van der Waals surface area (Å²) in [4.78, 5) is 14.1. The van der Waals surface area contributed by atoms with Crippen molar-refractivity contribution in [3.05, 3.63) is 82.6 Å². The molecule has 5 aromatic heterocycles. The number of hydrogen-bond donors (Lipinski definition) is 0. The lowest BCUT2D eigenvalue weighted by molar-refractivity contribution is 0.598. The van der Waals surface area contributed by atoms with Gasteiger partial charge in [0.05, 0.1) is 0 Å². The van der Waals surface area contributed by atoms with Crippen LogP contribution in [0, 0.1) is 0 Å². The van der Waals surface area contributed by atoms with E-state index < -0.39 is 0 Å². The normalized spacial score (nSPS) is 11.7. The summed E-state index contributed by atoms with van der Waals surface area (Å²) >= 11 is 9.67. The average molecular weight is 593 g/mol. The van der Waals surface area contributed by atoms with Crippen LogP contribution in [0.3, 0.4) is 0 Å². The molecule has 0 N–H and O–H groups in total. The second-order valence-electron chi connectivity index (χ2n) is 9.61. The van der Waals surface area contributed by atoms with Crippen molar-refractivity contribution in [2.24, 2.45) is 0 Å². The Morgan fingerprint density at radius 2 is 0.868 bits per heavy atom. The molecule has 0 atom stereocenters. The standard InChI is InChI=1S/C33H36S5/c1-3-5-6-7-8-9-10-11-12-13-25-15-17-27(35-25)29-19-21-31(37-29)33-23-22-32(38-33)30-20-18-28(36-30)26-16-14-24(4-2)34-26/h3,5,14-23H,4,6-13H2,1-2H3. The highest BCUT2D eigenvalue weighted by Gasteiger charge is 2.13. The third-order valence-electron chi connectivity index (χ3n) is 6.74. The number of rotatable bonds is 14. The highest BCUT2D eigenvalue weighted by molar-refractivity contribution is 7.29. The van der Waals surface area contributed by atoms with Crippen LogP contribution in [0.2, 0.25) is 0 Å². The quantitative estimate of drug-likeness (QED) is 0.0888. The molecule has 0 fully saturated rings. The van der Waals surface area contributed by atoms with Crippen LogP contribution >= 0.6 is 56.7 Å². The average Bonchev–Trinajstić information content (AvgIpc) is 3.75. The molecule has 0 spiro atoms. The first-order valence-electron chi connectivity index (χ1n) is 13.8. The molecule has 0 aliphatic heterocycles.